The van der Waals surface area contributed by atoms with E-state index in [9.17, 15) is 14.9 Å². The Labute approximate surface area is 151 Å². The first kappa shape index (κ1) is 19.9. The summed E-state index contributed by atoms with van der Waals surface area (Å²) in [4.78, 5) is 24.3. The fourth-order valence-electron chi connectivity index (χ4n) is 3.16. The maximum Gasteiger partial charge on any atom is 0.407 e. The van der Waals surface area contributed by atoms with Crippen LogP contribution in [0.2, 0.25) is 0 Å². The van der Waals surface area contributed by atoms with Gasteiger partial charge in [0.2, 0.25) is 5.82 Å². The van der Waals surface area contributed by atoms with Crippen LogP contribution in [0, 0.1) is 10.1 Å². The topological polar surface area (TPSA) is 103 Å². The van der Waals surface area contributed by atoms with Gasteiger partial charge >= 0.3 is 11.8 Å². The van der Waals surface area contributed by atoms with Crippen LogP contribution in [-0.4, -0.2) is 51.2 Å². The average Bonchev–Trinajstić information content (AvgIpc) is 2.75. The minimum absolute atomic E-state index is 0.0279. The molecule has 2 rings (SSSR count). The molecule has 0 aromatic carbocycles. The Balaban J connectivity index is 2.16. The monoisotopic (exact) mass is 371 g/mol. The zero-order valence-electron chi connectivity index (χ0n) is 15.8. The summed E-state index contributed by atoms with van der Waals surface area (Å²) in [6.07, 6.45) is 1.08. The van der Waals surface area contributed by atoms with Crippen molar-refractivity contribution in [1.29, 1.82) is 0 Å². The van der Waals surface area contributed by atoms with Gasteiger partial charge in [-0.15, -0.1) is 0 Å². The highest BCUT2D eigenvalue weighted by atomic mass is 19.1. The first-order valence-electron chi connectivity index (χ1n) is 8.48. The van der Waals surface area contributed by atoms with Crippen LogP contribution in [0.1, 0.15) is 40.5 Å². The smallest absolute Gasteiger partial charge is 0.407 e. The Morgan fingerprint density at radius 1 is 1.54 bits per heavy atom. The fraction of sp³-hybridized carbons (Fsp3) is 0.750. The number of ether oxygens (including phenoxy) is 1. The quantitative estimate of drug-likeness (QED) is 0.647. The number of amides is 1. The van der Waals surface area contributed by atoms with E-state index in [-0.39, 0.29) is 24.5 Å². The van der Waals surface area contributed by atoms with E-state index in [4.69, 9.17) is 4.74 Å². The van der Waals surface area contributed by atoms with E-state index < -0.39 is 28.3 Å². The molecule has 1 amide bonds. The largest absolute Gasteiger partial charge is 0.444 e. The second-order valence-corrected chi connectivity index (χ2v) is 7.90. The summed E-state index contributed by atoms with van der Waals surface area (Å²) >= 11 is 0. The van der Waals surface area contributed by atoms with E-state index in [1.54, 1.807) is 32.7 Å². The standard InChI is InChI=1S/C16H26FN5O4/c1-15(2,3)26-14(23)19-11-6-7-21(10-16(4,17)8-11)13-12(22(24)25)9-18-20(13)5/h9,11H,6-8,10H2,1-5H3,(H,19,23)/t11-,16-/m0/s1. The van der Waals surface area contributed by atoms with Crippen LogP contribution in [0.25, 0.3) is 0 Å². The van der Waals surface area contributed by atoms with Gasteiger partial charge < -0.3 is 15.0 Å². The van der Waals surface area contributed by atoms with E-state index >= 15 is 4.39 Å². The third-order valence-corrected chi connectivity index (χ3v) is 4.05. The number of aromatic nitrogens is 2. The molecule has 1 aliphatic rings. The van der Waals surface area contributed by atoms with Crippen LogP contribution in [0.5, 0.6) is 0 Å². The molecule has 146 valence electrons. The van der Waals surface area contributed by atoms with Gasteiger partial charge in [0.25, 0.3) is 0 Å². The molecular weight excluding hydrogens is 345 g/mol. The normalized spacial score (nSPS) is 24.1. The van der Waals surface area contributed by atoms with Crippen molar-refractivity contribution < 1.29 is 18.8 Å². The van der Waals surface area contributed by atoms with Gasteiger partial charge in [0, 0.05) is 26.1 Å². The SMILES string of the molecule is Cn1ncc([N+](=O)[O-])c1N1CC[C@H](NC(=O)OC(C)(C)C)C[C@](C)(F)C1. The maximum atomic E-state index is 15.0. The van der Waals surface area contributed by atoms with E-state index in [2.05, 4.69) is 10.4 Å². The number of nitrogens with zero attached hydrogens (tertiary/aromatic N) is 4. The molecule has 26 heavy (non-hydrogen) atoms. The number of alkyl halides is 1. The molecule has 1 N–H and O–H groups in total. The van der Waals surface area contributed by atoms with Gasteiger partial charge in [-0.3, -0.25) is 10.1 Å². The van der Waals surface area contributed by atoms with Crippen molar-refractivity contribution in [2.75, 3.05) is 18.0 Å². The summed E-state index contributed by atoms with van der Waals surface area (Å²) in [6, 6.07) is -0.433. The lowest BCUT2D eigenvalue weighted by Crippen LogP contribution is -2.42. The number of hydrogen-bond acceptors (Lipinski definition) is 6. The number of carbonyl (C=O) groups excluding carboxylic acids is 1. The molecule has 1 aromatic heterocycles. The van der Waals surface area contributed by atoms with Crippen molar-refractivity contribution in [1.82, 2.24) is 15.1 Å². The number of halogens is 1. The predicted octanol–water partition coefficient (Wildman–Crippen LogP) is 2.55. The summed E-state index contributed by atoms with van der Waals surface area (Å²) in [5.74, 6) is 0.261. The number of aryl methyl sites for hydroxylation is 1. The summed E-state index contributed by atoms with van der Waals surface area (Å²) in [7, 11) is 1.58. The zero-order chi connectivity index (χ0) is 19.7. The van der Waals surface area contributed by atoms with Crippen LogP contribution < -0.4 is 10.2 Å². The number of nitro groups is 1. The number of anilines is 1. The Morgan fingerprint density at radius 3 is 2.77 bits per heavy atom. The fourth-order valence-corrected chi connectivity index (χ4v) is 3.16. The minimum atomic E-state index is -1.64. The third kappa shape index (κ3) is 5.06. The minimum Gasteiger partial charge on any atom is -0.444 e. The highest BCUT2D eigenvalue weighted by Crippen LogP contribution is 2.33. The van der Waals surface area contributed by atoms with Gasteiger partial charge in [-0.25, -0.2) is 13.9 Å². The van der Waals surface area contributed by atoms with Gasteiger partial charge in [-0.1, -0.05) is 0 Å². The molecule has 1 fully saturated rings. The van der Waals surface area contributed by atoms with Crippen molar-refractivity contribution in [3.63, 3.8) is 0 Å². The second-order valence-electron chi connectivity index (χ2n) is 7.90. The molecule has 0 aliphatic carbocycles. The van der Waals surface area contributed by atoms with Crippen molar-refractivity contribution in [2.24, 2.45) is 7.05 Å². The molecular formula is C16H26FN5O4. The molecule has 9 nitrogen and oxygen atoms in total. The van der Waals surface area contributed by atoms with Crippen molar-refractivity contribution in [3.05, 3.63) is 16.3 Å². The van der Waals surface area contributed by atoms with Gasteiger partial charge in [0.15, 0.2) is 0 Å². The first-order chi connectivity index (χ1) is 11.9. The number of carbonyl (C=O) groups is 1. The van der Waals surface area contributed by atoms with Gasteiger partial charge in [0.05, 0.1) is 11.5 Å². The van der Waals surface area contributed by atoms with E-state index in [0.29, 0.717) is 13.0 Å². The lowest BCUT2D eigenvalue weighted by molar-refractivity contribution is -0.384. The molecule has 10 heteroatoms. The zero-order valence-corrected chi connectivity index (χ0v) is 15.8. The highest BCUT2D eigenvalue weighted by Gasteiger charge is 2.38. The summed E-state index contributed by atoms with van der Waals surface area (Å²) in [6.45, 7) is 7.00. The van der Waals surface area contributed by atoms with Crippen LogP contribution in [0.4, 0.5) is 20.7 Å². The first-order valence-corrected chi connectivity index (χ1v) is 8.48. The second kappa shape index (κ2) is 7.08. The maximum absolute atomic E-state index is 15.0. The number of rotatable bonds is 3. The molecule has 0 bridgehead atoms. The Bertz CT molecular complexity index is 683. The number of hydrogen-bond donors (Lipinski definition) is 1. The van der Waals surface area contributed by atoms with Crippen LogP contribution in [0.15, 0.2) is 6.20 Å². The van der Waals surface area contributed by atoms with Crippen LogP contribution in [-0.2, 0) is 11.8 Å². The van der Waals surface area contributed by atoms with Crippen molar-refractivity contribution in [2.45, 2.75) is 57.8 Å². The average molecular weight is 371 g/mol. The molecule has 0 spiro atoms. The highest BCUT2D eigenvalue weighted by molar-refractivity contribution is 5.68. The summed E-state index contributed by atoms with van der Waals surface area (Å²) < 4.78 is 21.6. The molecule has 0 unspecified atom stereocenters. The van der Waals surface area contributed by atoms with Gasteiger partial charge in [0.1, 0.15) is 17.5 Å². The predicted molar refractivity (Wildman–Crippen MR) is 94.0 cm³/mol. The van der Waals surface area contributed by atoms with E-state index in [1.807, 2.05) is 0 Å². The number of alkyl carbamates (subject to hydrolysis) is 1. The summed E-state index contributed by atoms with van der Waals surface area (Å²) in [5, 5.41) is 17.9. The molecule has 1 aliphatic heterocycles. The third-order valence-electron chi connectivity index (χ3n) is 4.05. The lowest BCUT2D eigenvalue weighted by atomic mass is 9.98. The Hall–Kier alpha value is -2.39. The van der Waals surface area contributed by atoms with E-state index in [0.717, 1.165) is 6.20 Å². The molecule has 0 saturated carbocycles. The molecule has 1 saturated heterocycles. The molecule has 1 aromatic rings. The molecule has 0 radical (unpaired) electrons. The molecule has 2 atom stereocenters. The Kier molecular flexibility index (Phi) is 5.43. The van der Waals surface area contributed by atoms with Gasteiger partial charge in [-0.2, -0.15) is 5.10 Å². The van der Waals surface area contributed by atoms with Crippen LogP contribution >= 0.6 is 0 Å². The molecule has 2 heterocycles. The van der Waals surface area contributed by atoms with Crippen molar-refractivity contribution >= 4 is 17.6 Å². The number of nitrogens with one attached hydrogen (secondary N) is 1. The van der Waals surface area contributed by atoms with Crippen LogP contribution in [0.3, 0.4) is 0 Å². The summed E-state index contributed by atoms with van der Waals surface area (Å²) in [5.41, 5.74) is -2.45. The lowest BCUT2D eigenvalue weighted by Gasteiger charge is -2.27. The van der Waals surface area contributed by atoms with Gasteiger partial charge in [-0.05, 0) is 34.1 Å². The Morgan fingerprint density at radius 2 is 2.19 bits per heavy atom. The van der Waals surface area contributed by atoms with Crippen molar-refractivity contribution in [3.8, 4) is 0 Å². The van der Waals surface area contributed by atoms with E-state index in [1.165, 1.54) is 11.6 Å².